The Hall–Kier alpha value is -1.75. The lowest BCUT2D eigenvalue weighted by Gasteiger charge is -2.39. The van der Waals surface area contributed by atoms with Crippen LogP contribution in [0.3, 0.4) is 0 Å². The van der Waals surface area contributed by atoms with Crippen LogP contribution >= 0.6 is 24.0 Å². The van der Waals surface area contributed by atoms with Gasteiger partial charge in [-0.05, 0) is 37.5 Å². The van der Waals surface area contributed by atoms with Crippen LogP contribution < -0.4 is 14.8 Å². The third-order valence-corrected chi connectivity index (χ3v) is 6.04. The van der Waals surface area contributed by atoms with Crippen LogP contribution in [0.4, 0.5) is 0 Å². The van der Waals surface area contributed by atoms with Crippen molar-refractivity contribution < 1.29 is 14.3 Å². The van der Waals surface area contributed by atoms with Crippen LogP contribution in [0.5, 0.6) is 11.5 Å². The van der Waals surface area contributed by atoms with Crippen LogP contribution in [0.1, 0.15) is 25.3 Å². The van der Waals surface area contributed by atoms with Gasteiger partial charge in [-0.15, -0.1) is 24.0 Å². The summed E-state index contributed by atoms with van der Waals surface area (Å²) < 4.78 is 10.8. The van der Waals surface area contributed by atoms with Crippen LogP contribution in [0.2, 0.25) is 0 Å². The van der Waals surface area contributed by atoms with Crippen LogP contribution in [-0.2, 0) is 11.3 Å². The van der Waals surface area contributed by atoms with Crippen molar-refractivity contribution in [2.24, 2.45) is 4.99 Å². The molecule has 4 rings (SSSR count). The minimum absolute atomic E-state index is 0. The third kappa shape index (κ3) is 5.11. The summed E-state index contributed by atoms with van der Waals surface area (Å²) >= 11 is 0. The minimum Gasteiger partial charge on any atom is -0.454 e. The molecule has 2 saturated heterocycles. The fraction of sp³-hybridized carbons (Fsp3) is 0.619. The van der Waals surface area contributed by atoms with Gasteiger partial charge in [0, 0.05) is 52.9 Å². The highest BCUT2D eigenvalue weighted by molar-refractivity contribution is 14.0. The smallest absolute Gasteiger partial charge is 0.239 e. The molecule has 0 aromatic heterocycles. The van der Waals surface area contributed by atoms with E-state index >= 15 is 0 Å². The molecule has 3 heterocycles. The van der Waals surface area contributed by atoms with Gasteiger partial charge >= 0.3 is 0 Å². The molecule has 9 heteroatoms. The molecule has 1 aromatic rings. The molecule has 1 aromatic carbocycles. The lowest BCUT2D eigenvalue weighted by molar-refractivity contribution is -0.135. The molecule has 3 aliphatic heterocycles. The zero-order chi connectivity index (χ0) is 20.2. The predicted molar refractivity (Wildman–Crippen MR) is 127 cm³/mol. The molecule has 8 nitrogen and oxygen atoms in total. The second kappa shape index (κ2) is 10.5. The lowest BCUT2D eigenvalue weighted by atomic mass is 10.2. The second-order valence-corrected chi connectivity index (χ2v) is 7.82. The van der Waals surface area contributed by atoms with Crippen LogP contribution in [0, 0.1) is 0 Å². The Morgan fingerprint density at radius 2 is 1.77 bits per heavy atom. The summed E-state index contributed by atoms with van der Waals surface area (Å²) in [6.07, 6.45) is 2.27. The van der Waals surface area contributed by atoms with E-state index in [0.717, 1.165) is 75.1 Å². The molecule has 0 aliphatic carbocycles. The van der Waals surface area contributed by atoms with E-state index in [1.54, 1.807) is 0 Å². The number of piperazine rings is 1. The van der Waals surface area contributed by atoms with Crippen molar-refractivity contribution in [3.63, 3.8) is 0 Å². The fourth-order valence-electron chi connectivity index (χ4n) is 4.24. The van der Waals surface area contributed by atoms with Crippen LogP contribution in [0.25, 0.3) is 0 Å². The summed E-state index contributed by atoms with van der Waals surface area (Å²) in [7, 11) is 1.81. The Morgan fingerprint density at radius 1 is 1.07 bits per heavy atom. The molecule has 0 saturated carbocycles. The van der Waals surface area contributed by atoms with Gasteiger partial charge in [0.05, 0.1) is 6.04 Å². The van der Waals surface area contributed by atoms with E-state index in [2.05, 4.69) is 20.1 Å². The monoisotopic (exact) mass is 529 g/mol. The van der Waals surface area contributed by atoms with Crippen LogP contribution in [0.15, 0.2) is 23.2 Å². The van der Waals surface area contributed by atoms with Gasteiger partial charge in [0.2, 0.25) is 12.7 Å². The number of carbonyl (C=O) groups is 1. The summed E-state index contributed by atoms with van der Waals surface area (Å²) in [6, 6.07) is 5.95. The SMILES string of the molecule is CN=C(NCc1ccc2c(c1)OCO2)N1CCN(C(C)C(=O)N2CCCC2)CC1.I. The molecular formula is C21H32IN5O3. The number of hydrogen-bond acceptors (Lipinski definition) is 5. The zero-order valence-corrected chi connectivity index (χ0v) is 20.1. The molecule has 1 amide bonds. The molecule has 0 bridgehead atoms. The first-order valence-electron chi connectivity index (χ1n) is 10.5. The third-order valence-electron chi connectivity index (χ3n) is 6.04. The fourth-order valence-corrected chi connectivity index (χ4v) is 4.24. The molecule has 0 spiro atoms. The maximum atomic E-state index is 12.7. The highest BCUT2D eigenvalue weighted by Gasteiger charge is 2.30. The Kier molecular flexibility index (Phi) is 8.04. The number of hydrogen-bond donors (Lipinski definition) is 1. The molecule has 1 N–H and O–H groups in total. The molecule has 3 aliphatic rings. The summed E-state index contributed by atoms with van der Waals surface area (Å²) in [5.74, 6) is 2.76. The largest absolute Gasteiger partial charge is 0.454 e. The number of nitrogens with one attached hydrogen (secondary N) is 1. The molecule has 1 unspecified atom stereocenters. The first kappa shape index (κ1) is 22.9. The van der Waals surface area contributed by atoms with Gasteiger partial charge in [-0.3, -0.25) is 14.7 Å². The normalized spacial score (nSPS) is 20.1. The van der Waals surface area contributed by atoms with Gasteiger partial charge in [-0.25, -0.2) is 0 Å². The number of fused-ring (bicyclic) bond motifs is 1. The van der Waals surface area contributed by atoms with Gasteiger partial charge in [0.1, 0.15) is 0 Å². The van der Waals surface area contributed by atoms with Crippen molar-refractivity contribution in [1.29, 1.82) is 0 Å². The van der Waals surface area contributed by atoms with E-state index in [1.165, 1.54) is 0 Å². The molecule has 0 radical (unpaired) electrons. The number of amides is 1. The number of nitrogens with zero attached hydrogens (tertiary/aromatic N) is 4. The summed E-state index contributed by atoms with van der Waals surface area (Å²) in [5, 5.41) is 3.44. The zero-order valence-electron chi connectivity index (χ0n) is 17.8. The number of likely N-dealkylation sites (tertiary alicyclic amines) is 1. The van der Waals surface area contributed by atoms with Crippen molar-refractivity contribution in [3.8, 4) is 11.5 Å². The van der Waals surface area contributed by atoms with Gasteiger partial charge in [0.25, 0.3) is 0 Å². The predicted octanol–water partition coefficient (Wildman–Crippen LogP) is 1.74. The average Bonchev–Trinajstić information content (AvgIpc) is 3.45. The number of benzene rings is 1. The Bertz CT molecular complexity index is 761. The summed E-state index contributed by atoms with van der Waals surface area (Å²) in [6.45, 7) is 8.29. The lowest BCUT2D eigenvalue weighted by Crippen LogP contribution is -2.57. The van der Waals surface area contributed by atoms with Gasteiger partial charge < -0.3 is 24.6 Å². The van der Waals surface area contributed by atoms with E-state index in [1.807, 2.05) is 37.1 Å². The van der Waals surface area contributed by atoms with Crippen molar-refractivity contribution in [1.82, 2.24) is 20.0 Å². The number of halogens is 1. The molecule has 30 heavy (non-hydrogen) atoms. The van der Waals surface area contributed by atoms with E-state index < -0.39 is 0 Å². The van der Waals surface area contributed by atoms with Gasteiger partial charge in [0.15, 0.2) is 17.5 Å². The summed E-state index contributed by atoms with van der Waals surface area (Å²) in [4.78, 5) is 23.7. The van der Waals surface area contributed by atoms with Crippen molar-refractivity contribution in [2.45, 2.75) is 32.4 Å². The molecule has 1 atom stereocenters. The van der Waals surface area contributed by atoms with Crippen molar-refractivity contribution >= 4 is 35.8 Å². The van der Waals surface area contributed by atoms with E-state index in [0.29, 0.717) is 6.54 Å². The van der Waals surface area contributed by atoms with Crippen molar-refractivity contribution in [2.75, 3.05) is 53.1 Å². The Morgan fingerprint density at radius 3 is 2.47 bits per heavy atom. The summed E-state index contributed by atoms with van der Waals surface area (Å²) in [5.41, 5.74) is 1.12. The number of carbonyl (C=O) groups excluding carboxylic acids is 1. The highest BCUT2D eigenvalue weighted by Crippen LogP contribution is 2.32. The topological polar surface area (TPSA) is 69.6 Å². The Labute approximate surface area is 195 Å². The molecular weight excluding hydrogens is 497 g/mol. The maximum absolute atomic E-state index is 12.7. The minimum atomic E-state index is -0.0427. The first-order chi connectivity index (χ1) is 14.2. The molecule has 2 fully saturated rings. The highest BCUT2D eigenvalue weighted by atomic mass is 127. The quantitative estimate of drug-likeness (QED) is 0.364. The van der Waals surface area contributed by atoms with E-state index in [4.69, 9.17) is 9.47 Å². The van der Waals surface area contributed by atoms with Crippen molar-refractivity contribution in [3.05, 3.63) is 23.8 Å². The van der Waals surface area contributed by atoms with Gasteiger partial charge in [-0.2, -0.15) is 0 Å². The standard InChI is InChI=1S/C21H31N5O3.HI/c1-16(20(27)25-7-3-4-8-25)24-9-11-26(12-10-24)21(22-2)23-14-17-5-6-18-19(13-17)29-15-28-18;/h5-6,13,16H,3-4,7-12,14-15H2,1-2H3,(H,22,23);1H. The average molecular weight is 529 g/mol. The number of rotatable bonds is 4. The van der Waals surface area contributed by atoms with E-state index in [-0.39, 0.29) is 42.7 Å². The number of guanidine groups is 1. The van der Waals surface area contributed by atoms with Gasteiger partial charge in [-0.1, -0.05) is 6.07 Å². The maximum Gasteiger partial charge on any atom is 0.239 e. The number of ether oxygens (including phenoxy) is 2. The second-order valence-electron chi connectivity index (χ2n) is 7.82. The van der Waals surface area contributed by atoms with E-state index in [9.17, 15) is 4.79 Å². The number of aliphatic imine (C=N–C) groups is 1. The molecule has 166 valence electrons. The Balaban J connectivity index is 0.00000256. The van der Waals surface area contributed by atoms with Crippen LogP contribution in [-0.4, -0.2) is 85.7 Å². The first-order valence-corrected chi connectivity index (χ1v) is 10.5.